The van der Waals surface area contributed by atoms with Gasteiger partial charge >= 0.3 is 5.97 Å². The molecule has 0 aliphatic carbocycles. The van der Waals surface area contributed by atoms with Crippen LogP contribution in [0.1, 0.15) is 0 Å². The van der Waals surface area contributed by atoms with E-state index in [4.69, 9.17) is 0 Å². The van der Waals surface area contributed by atoms with Crippen LogP contribution in [0.15, 0.2) is 35.4 Å². The maximum Gasteiger partial charge on any atom is 0.329 e. The smallest absolute Gasteiger partial charge is 0.329 e. The number of fused-ring (bicyclic) bond motifs is 5. The summed E-state index contributed by atoms with van der Waals surface area (Å²) in [6.07, 6.45) is 3.93. The molecule has 0 saturated carbocycles. The van der Waals surface area contributed by atoms with E-state index in [0.717, 1.165) is 6.08 Å². The van der Waals surface area contributed by atoms with Crippen molar-refractivity contribution in [2.45, 2.75) is 0 Å². The van der Waals surface area contributed by atoms with Gasteiger partial charge in [-0.1, -0.05) is 0 Å². The van der Waals surface area contributed by atoms with Gasteiger partial charge in [-0.05, 0) is 6.07 Å². The molecular weight excluding hydrogens is 316 g/mol. The number of rotatable bonds is 2. The number of hydrogen-bond acceptors (Lipinski definition) is 5. The van der Waals surface area contributed by atoms with E-state index in [1.54, 1.807) is 6.20 Å². The molecule has 0 atom stereocenters. The number of non-ortho nitro benzene ring substituents is 1. The number of hydrogen-bond donors (Lipinski definition) is 2. The fraction of sp³-hybridized carbons (Fsp3) is 0. The van der Waals surface area contributed by atoms with Gasteiger partial charge in [-0.3, -0.25) is 19.3 Å². The lowest BCUT2D eigenvalue weighted by Gasteiger charge is -1.97. The average Bonchev–Trinajstić information content (AvgIpc) is 3.11. The van der Waals surface area contributed by atoms with Gasteiger partial charge in [0.25, 0.3) is 11.2 Å². The number of imidazole rings is 1. The highest BCUT2D eigenvalue weighted by molar-refractivity contribution is 6.14. The van der Waals surface area contributed by atoms with Gasteiger partial charge in [-0.15, -0.1) is 0 Å². The minimum absolute atomic E-state index is 0.118. The molecule has 0 saturated heterocycles. The third kappa shape index (κ3) is 1.78. The van der Waals surface area contributed by atoms with Crippen LogP contribution >= 0.6 is 0 Å². The Morgan fingerprint density at radius 3 is 2.88 bits per heavy atom. The van der Waals surface area contributed by atoms with Crippen LogP contribution in [0.4, 0.5) is 5.69 Å². The van der Waals surface area contributed by atoms with Gasteiger partial charge in [-0.25, -0.2) is 9.78 Å². The standard InChI is InChI=1S/C15H8N4O5/c20-11(21)6-10-9-5-7(19(23)24)1-2-8(9)12-13(10)18-4-3-16-14(18)15(22)17-12/h1-6H,(H,17,22)(H,20,21)/b10-6+. The molecule has 2 N–H and O–H groups in total. The predicted molar refractivity (Wildman–Crippen MR) is 84.8 cm³/mol. The molecule has 118 valence electrons. The van der Waals surface area contributed by atoms with Crippen LogP contribution in [0.3, 0.4) is 0 Å². The van der Waals surface area contributed by atoms with Gasteiger partial charge in [0.15, 0.2) is 0 Å². The van der Waals surface area contributed by atoms with Crippen LogP contribution in [0.2, 0.25) is 0 Å². The summed E-state index contributed by atoms with van der Waals surface area (Å²) in [5.74, 6) is -1.20. The summed E-state index contributed by atoms with van der Waals surface area (Å²) in [5, 5.41) is 21.4. The minimum Gasteiger partial charge on any atom is -0.478 e. The largest absolute Gasteiger partial charge is 0.478 e. The van der Waals surface area contributed by atoms with Gasteiger partial charge in [-0.2, -0.15) is 0 Å². The molecule has 0 fully saturated rings. The number of nitro groups is 1. The van der Waals surface area contributed by atoms with Crippen molar-refractivity contribution in [3.05, 3.63) is 56.3 Å². The molecule has 2 aromatic carbocycles. The number of H-pyrrole nitrogens is 1. The second-order valence-corrected chi connectivity index (χ2v) is 5.18. The summed E-state index contributed by atoms with van der Waals surface area (Å²) in [7, 11) is 0. The zero-order valence-electron chi connectivity index (χ0n) is 11.9. The first-order chi connectivity index (χ1) is 11.5. The van der Waals surface area contributed by atoms with E-state index in [-0.39, 0.29) is 16.6 Å². The number of aliphatic carboxylic acids is 1. The van der Waals surface area contributed by atoms with Crippen molar-refractivity contribution in [2.24, 2.45) is 0 Å². The van der Waals surface area contributed by atoms with Gasteiger partial charge in [0.2, 0.25) is 5.65 Å². The van der Waals surface area contributed by atoms with E-state index >= 15 is 0 Å². The van der Waals surface area contributed by atoms with Gasteiger partial charge in [0.05, 0.1) is 16.0 Å². The highest BCUT2D eigenvalue weighted by Crippen LogP contribution is 2.25. The Morgan fingerprint density at radius 1 is 1.38 bits per heavy atom. The zero-order chi connectivity index (χ0) is 17.0. The summed E-state index contributed by atoms with van der Waals surface area (Å²) in [5.41, 5.74) is 0.358. The van der Waals surface area contributed by atoms with Crippen molar-refractivity contribution in [1.82, 2.24) is 14.4 Å². The molecule has 2 heterocycles. The molecule has 0 radical (unpaired) electrons. The molecule has 9 heteroatoms. The Morgan fingerprint density at radius 2 is 2.17 bits per heavy atom. The lowest BCUT2D eigenvalue weighted by atomic mass is 10.2. The molecule has 0 aliphatic rings. The third-order valence-electron chi connectivity index (χ3n) is 3.86. The number of carboxylic acids is 1. The summed E-state index contributed by atoms with van der Waals surface area (Å²) in [6, 6.07) is 4.10. The molecule has 0 unspecified atom stereocenters. The first-order valence-corrected chi connectivity index (χ1v) is 6.81. The van der Waals surface area contributed by atoms with Crippen LogP contribution in [0.25, 0.3) is 33.5 Å². The Bertz CT molecular complexity index is 1280. The SMILES string of the molecule is O=C(O)/C=c1\c2cc([N+](=O)[O-])ccc2c2[nH]c(=O)c3nccn3c12. The number of aromatic nitrogens is 3. The molecule has 0 bridgehead atoms. The van der Waals surface area contributed by atoms with Crippen molar-refractivity contribution in [3.63, 3.8) is 0 Å². The summed E-state index contributed by atoms with van der Waals surface area (Å²) < 4.78 is 1.48. The molecule has 0 amide bonds. The topological polar surface area (TPSA) is 131 Å². The second kappa shape index (κ2) is 4.62. The first-order valence-electron chi connectivity index (χ1n) is 6.81. The quantitative estimate of drug-likeness (QED) is 0.414. The number of carboxylic acid groups (broad SMARTS) is 1. The zero-order valence-corrected chi connectivity index (χ0v) is 11.9. The van der Waals surface area contributed by atoms with Crippen LogP contribution in [-0.2, 0) is 4.79 Å². The lowest BCUT2D eigenvalue weighted by molar-refractivity contribution is -0.384. The predicted octanol–water partition coefficient (Wildman–Crippen LogP) is 0.821. The molecule has 4 rings (SSSR count). The monoisotopic (exact) mass is 324 g/mol. The molecule has 2 aromatic heterocycles. The van der Waals surface area contributed by atoms with Crippen molar-refractivity contribution in [2.75, 3.05) is 0 Å². The minimum atomic E-state index is -1.20. The van der Waals surface area contributed by atoms with Gasteiger partial charge < -0.3 is 10.1 Å². The van der Waals surface area contributed by atoms with E-state index in [1.165, 1.54) is 28.8 Å². The van der Waals surface area contributed by atoms with E-state index in [2.05, 4.69) is 9.97 Å². The summed E-state index contributed by atoms with van der Waals surface area (Å²) in [6.45, 7) is 0. The van der Waals surface area contributed by atoms with Crippen LogP contribution in [0.5, 0.6) is 0 Å². The van der Waals surface area contributed by atoms with Gasteiger partial charge in [0, 0.05) is 46.6 Å². The molecule has 0 spiro atoms. The average molecular weight is 324 g/mol. The Hall–Kier alpha value is -3.75. The van der Waals surface area contributed by atoms with E-state index in [0.29, 0.717) is 21.8 Å². The van der Waals surface area contributed by atoms with Crippen LogP contribution in [0, 0.1) is 10.1 Å². The van der Waals surface area contributed by atoms with Crippen molar-refractivity contribution >= 4 is 45.2 Å². The van der Waals surface area contributed by atoms with E-state index in [1.807, 2.05) is 0 Å². The molecule has 4 aromatic rings. The number of nitro benzene ring substituents is 1. The van der Waals surface area contributed by atoms with Crippen molar-refractivity contribution in [1.29, 1.82) is 0 Å². The third-order valence-corrected chi connectivity index (χ3v) is 3.86. The highest BCUT2D eigenvalue weighted by atomic mass is 16.6. The van der Waals surface area contributed by atoms with Crippen LogP contribution in [-0.4, -0.2) is 30.4 Å². The summed E-state index contributed by atoms with van der Waals surface area (Å²) >= 11 is 0. The maximum absolute atomic E-state index is 12.1. The number of nitrogens with zero attached hydrogens (tertiary/aromatic N) is 3. The van der Waals surface area contributed by atoms with E-state index in [9.17, 15) is 24.8 Å². The molecule has 9 nitrogen and oxygen atoms in total. The van der Waals surface area contributed by atoms with Crippen LogP contribution < -0.4 is 10.8 Å². The Balaban J connectivity index is 2.37. The first kappa shape index (κ1) is 13.9. The van der Waals surface area contributed by atoms with Crippen molar-refractivity contribution < 1.29 is 14.8 Å². The second-order valence-electron chi connectivity index (χ2n) is 5.18. The lowest BCUT2D eigenvalue weighted by Crippen LogP contribution is -2.13. The number of nitrogens with one attached hydrogen (secondary N) is 1. The Kier molecular flexibility index (Phi) is 2.67. The fourth-order valence-corrected chi connectivity index (χ4v) is 2.94. The normalized spacial score (nSPS) is 12.4. The number of aromatic amines is 1. The molecule has 24 heavy (non-hydrogen) atoms. The summed E-state index contributed by atoms with van der Waals surface area (Å²) in [4.78, 5) is 40.5. The fourth-order valence-electron chi connectivity index (χ4n) is 2.94. The number of benzene rings is 1. The maximum atomic E-state index is 12.1. The molecular formula is C15H8N4O5. The van der Waals surface area contributed by atoms with Crippen molar-refractivity contribution in [3.8, 4) is 0 Å². The molecule has 0 aliphatic heterocycles. The van der Waals surface area contributed by atoms with E-state index < -0.39 is 16.5 Å². The highest BCUT2D eigenvalue weighted by Gasteiger charge is 2.17. The number of carbonyl (C=O) groups is 1. The Labute approximate surface area is 131 Å². The van der Waals surface area contributed by atoms with Gasteiger partial charge in [0.1, 0.15) is 0 Å².